The highest BCUT2D eigenvalue weighted by Gasteiger charge is 2.11. The minimum absolute atomic E-state index is 0.117. The van der Waals surface area contributed by atoms with E-state index in [2.05, 4.69) is 10.5 Å². The molecule has 0 aromatic heterocycles. The van der Waals surface area contributed by atoms with Crippen molar-refractivity contribution in [1.82, 2.24) is 0 Å². The number of amidine groups is 1. The molecule has 7 heteroatoms. The van der Waals surface area contributed by atoms with Crippen LogP contribution in [0.25, 0.3) is 0 Å². The highest BCUT2D eigenvalue weighted by Crippen LogP contribution is 2.16. The topological polar surface area (TPSA) is 103 Å². The summed E-state index contributed by atoms with van der Waals surface area (Å²) in [6, 6.07) is 25.2. The van der Waals surface area contributed by atoms with Gasteiger partial charge in [0.05, 0.1) is 12.0 Å². The number of carbonyl (C=O) groups is 2. The number of ether oxygens (including phenoxy) is 1. The van der Waals surface area contributed by atoms with E-state index in [4.69, 9.17) is 15.3 Å². The number of nitrogens with two attached hydrogens (primary N) is 1. The highest BCUT2D eigenvalue weighted by atomic mass is 16.7. The summed E-state index contributed by atoms with van der Waals surface area (Å²) in [4.78, 5) is 29.0. The van der Waals surface area contributed by atoms with Crippen LogP contribution in [0.3, 0.4) is 0 Å². The fraction of sp³-hybridized carbons (Fsp3) is 0.0870. The van der Waals surface area contributed by atoms with Gasteiger partial charge in [-0.1, -0.05) is 59.8 Å². The van der Waals surface area contributed by atoms with E-state index in [0.29, 0.717) is 18.0 Å². The van der Waals surface area contributed by atoms with Crippen LogP contribution in [0.4, 0.5) is 5.69 Å². The summed E-state index contributed by atoms with van der Waals surface area (Å²) in [7, 11) is 0. The van der Waals surface area contributed by atoms with Crippen LogP contribution in [0.5, 0.6) is 5.75 Å². The fourth-order valence-corrected chi connectivity index (χ4v) is 2.53. The van der Waals surface area contributed by atoms with Crippen molar-refractivity contribution >= 4 is 23.4 Å². The second-order valence-corrected chi connectivity index (χ2v) is 6.35. The summed E-state index contributed by atoms with van der Waals surface area (Å²) >= 11 is 0. The Labute approximate surface area is 174 Å². The number of rotatable bonds is 8. The number of amides is 1. The van der Waals surface area contributed by atoms with Crippen molar-refractivity contribution in [2.45, 2.75) is 13.0 Å². The molecule has 0 unspecified atom stereocenters. The number of nitrogens with one attached hydrogen (secondary N) is 1. The first-order chi connectivity index (χ1) is 14.6. The summed E-state index contributed by atoms with van der Waals surface area (Å²) in [6.07, 6.45) is -0.206. The van der Waals surface area contributed by atoms with Gasteiger partial charge in [-0.25, -0.2) is 4.79 Å². The quantitative estimate of drug-likeness (QED) is 0.258. The predicted octanol–water partition coefficient (Wildman–Crippen LogP) is 3.72. The molecule has 0 fully saturated rings. The van der Waals surface area contributed by atoms with Crippen molar-refractivity contribution in [3.05, 3.63) is 96.1 Å². The monoisotopic (exact) mass is 403 g/mol. The van der Waals surface area contributed by atoms with Gasteiger partial charge >= 0.3 is 5.97 Å². The zero-order valence-corrected chi connectivity index (χ0v) is 16.2. The molecule has 1 amide bonds. The minimum atomic E-state index is -0.702. The van der Waals surface area contributed by atoms with Crippen LogP contribution < -0.4 is 15.8 Å². The smallest absolute Gasteiger partial charge is 0.365 e. The maximum absolute atomic E-state index is 12.2. The van der Waals surface area contributed by atoms with Crippen molar-refractivity contribution < 1.29 is 19.2 Å². The second-order valence-electron chi connectivity index (χ2n) is 6.35. The first-order valence-electron chi connectivity index (χ1n) is 9.25. The van der Waals surface area contributed by atoms with Crippen molar-refractivity contribution in [1.29, 1.82) is 0 Å². The van der Waals surface area contributed by atoms with Crippen LogP contribution in [0.2, 0.25) is 0 Å². The number of hydrogen-bond acceptors (Lipinski definition) is 5. The number of anilines is 1. The Morgan fingerprint density at radius 2 is 1.60 bits per heavy atom. The Morgan fingerprint density at radius 3 is 2.33 bits per heavy atom. The van der Waals surface area contributed by atoms with Crippen molar-refractivity contribution in [2.24, 2.45) is 10.9 Å². The van der Waals surface area contributed by atoms with Crippen molar-refractivity contribution in [2.75, 3.05) is 5.32 Å². The normalized spacial score (nSPS) is 10.9. The largest absolute Gasteiger partial charge is 0.489 e. The Morgan fingerprint density at radius 1 is 0.900 bits per heavy atom. The molecule has 0 spiro atoms. The van der Waals surface area contributed by atoms with Gasteiger partial charge in [-0.05, 0) is 35.9 Å². The standard InChI is InChI=1S/C23H21N3O4/c24-21(15-22(27)25-19-11-5-2-6-12-19)26-30-23(28)18-10-7-13-20(14-18)29-16-17-8-3-1-4-9-17/h1-14H,15-16H2,(H2,24,26)(H,25,27). The van der Waals surface area contributed by atoms with Gasteiger partial charge in [0.2, 0.25) is 5.91 Å². The lowest BCUT2D eigenvalue weighted by molar-refractivity contribution is -0.115. The number of hydrogen-bond donors (Lipinski definition) is 2. The van der Waals surface area contributed by atoms with Gasteiger partial charge in [0.15, 0.2) is 0 Å². The van der Waals surface area contributed by atoms with E-state index in [1.54, 1.807) is 48.5 Å². The lowest BCUT2D eigenvalue weighted by atomic mass is 10.2. The molecule has 0 aliphatic rings. The molecule has 0 bridgehead atoms. The van der Waals surface area contributed by atoms with Crippen LogP contribution in [-0.2, 0) is 16.2 Å². The Balaban J connectivity index is 1.51. The Bertz CT molecular complexity index is 1020. The zero-order valence-electron chi connectivity index (χ0n) is 16.2. The van der Waals surface area contributed by atoms with Gasteiger partial charge in [0.25, 0.3) is 0 Å². The number of benzene rings is 3. The zero-order chi connectivity index (χ0) is 21.2. The maximum Gasteiger partial charge on any atom is 0.365 e. The molecule has 0 saturated heterocycles. The molecule has 0 atom stereocenters. The minimum Gasteiger partial charge on any atom is -0.489 e. The summed E-state index contributed by atoms with van der Waals surface area (Å²) in [5, 5.41) is 6.22. The molecule has 30 heavy (non-hydrogen) atoms. The molecule has 0 aliphatic carbocycles. The van der Waals surface area contributed by atoms with Gasteiger partial charge < -0.3 is 20.6 Å². The summed E-state index contributed by atoms with van der Waals surface area (Å²) in [6.45, 7) is 0.376. The summed E-state index contributed by atoms with van der Waals surface area (Å²) in [5.74, 6) is -0.665. The molecule has 0 aliphatic heterocycles. The molecule has 152 valence electrons. The van der Waals surface area contributed by atoms with E-state index in [1.807, 2.05) is 36.4 Å². The van der Waals surface area contributed by atoms with Crippen LogP contribution in [-0.4, -0.2) is 17.7 Å². The number of oxime groups is 1. The highest BCUT2D eigenvalue weighted by molar-refractivity contribution is 6.05. The van der Waals surface area contributed by atoms with Crippen LogP contribution in [0.1, 0.15) is 22.3 Å². The molecular weight excluding hydrogens is 382 g/mol. The number of para-hydroxylation sites is 1. The molecule has 3 rings (SSSR count). The van der Waals surface area contributed by atoms with E-state index in [9.17, 15) is 9.59 Å². The maximum atomic E-state index is 12.2. The molecule has 3 N–H and O–H groups in total. The first kappa shape index (κ1) is 20.6. The molecular formula is C23H21N3O4. The van der Waals surface area contributed by atoms with E-state index >= 15 is 0 Å². The molecule has 3 aromatic rings. The third kappa shape index (κ3) is 6.49. The molecule has 7 nitrogen and oxygen atoms in total. The van der Waals surface area contributed by atoms with Crippen LogP contribution in [0.15, 0.2) is 90.1 Å². The summed E-state index contributed by atoms with van der Waals surface area (Å²) in [5.41, 5.74) is 7.59. The van der Waals surface area contributed by atoms with Gasteiger partial charge in [-0.2, -0.15) is 0 Å². The molecule has 3 aromatic carbocycles. The third-order valence-corrected chi connectivity index (χ3v) is 3.96. The Hall–Kier alpha value is -4.13. The van der Waals surface area contributed by atoms with Gasteiger partial charge in [0, 0.05) is 5.69 Å². The van der Waals surface area contributed by atoms with Crippen molar-refractivity contribution in [3.8, 4) is 5.75 Å². The van der Waals surface area contributed by atoms with Crippen LogP contribution in [0, 0.1) is 0 Å². The molecule has 0 heterocycles. The van der Waals surface area contributed by atoms with E-state index in [1.165, 1.54) is 0 Å². The Kier molecular flexibility index (Phi) is 7.16. The van der Waals surface area contributed by atoms with Gasteiger partial charge in [0.1, 0.15) is 18.2 Å². The van der Waals surface area contributed by atoms with E-state index in [-0.39, 0.29) is 23.7 Å². The van der Waals surface area contributed by atoms with Gasteiger partial charge in [-0.15, -0.1) is 0 Å². The fourth-order valence-electron chi connectivity index (χ4n) is 2.53. The molecule has 0 saturated carbocycles. The third-order valence-electron chi connectivity index (χ3n) is 3.96. The first-order valence-corrected chi connectivity index (χ1v) is 9.25. The van der Waals surface area contributed by atoms with Gasteiger partial charge in [-0.3, -0.25) is 4.79 Å². The lowest BCUT2D eigenvalue weighted by Crippen LogP contribution is -2.22. The van der Waals surface area contributed by atoms with Crippen molar-refractivity contribution in [3.63, 3.8) is 0 Å². The lowest BCUT2D eigenvalue weighted by Gasteiger charge is -2.07. The van der Waals surface area contributed by atoms with E-state index in [0.717, 1.165) is 5.56 Å². The average molecular weight is 403 g/mol. The predicted molar refractivity (Wildman–Crippen MR) is 114 cm³/mol. The SMILES string of the molecule is N/C(CC(=O)Nc1ccccc1)=N\OC(=O)c1cccc(OCc2ccccc2)c1. The number of nitrogens with zero attached hydrogens (tertiary/aromatic N) is 1. The average Bonchev–Trinajstić information content (AvgIpc) is 2.77. The summed E-state index contributed by atoms with van der Waals surface area (Å²) < 4.78 is 5.70. The second kappa shape index (κ2) is 10.4. The molecule has 0 radical (unpaired) electrons. The van der Waals surface area contributed by atoms with Crippen LogP contribution >= 0.6 is 0 Å². The van der Waals surface area contributed by atoms with E-state index < -0.39 is 5.97 Å². The number of carbonyl (C=O) groups excluding carboxylic acids is 2.